The quantitative estimate of drug-likeness (QED) is 0.523. The summed E-state index contributed by atoms with van der Waals surface area (Å²) in [6.45, 7) is 1.27. The first kappa shape index (κ1) is 19.2. The van der Waals surface area contributed by atoms with Crippen molar-refractivity contribution in [3.05, 3.63) is 77.9 Å². The second kappa shape index (κ2) is 7.71. The first-order valence-corrected chi connectivity index (χ1v) is 9.22. The van der Waals surface area contributed by atoms with Gasteiger partial charge in [0.05, 0.1) is 16.8 Å². The van der Waals surface area contributed by atoms with Crippen LogP contribution in [0.25, 0.3) is 0 Å². The van der Waals surface area contributed by atoms with E-state index >= 15 is 0 Å². The summed E-state index contributed by atoms with van der Waals surface area (Å²) < 4.78 is 11.0. The summed E-state index contributed by atoms with van der Waals surface area (Å²) in [4.78, 5) is 38.5. The lowest BCUT2D eigenvalue weighted by molar-refractivity contribution is -0.131. The molecule has 30 heavy (non-hydrogen) atoms. The average molecular weight is 402 g/mol. The van der Waals surface area contributed by atoms with Crippen LogP contribution in [0.5, 0.6) is 17.2 Å². The molecule has 4 rings (SSSR count). The van der Waals surface area contributed by atoms with Gasteiger partial charge in [-0.3, -0.25) is 14.4 Å². The van der Waals surface area contributed by atoms with Crippen LogP contribution in [0, 0.1) is 0 Å². The van der Waals surface area contributed by atoms with E-state index in [9.17, 15) is 14.4 Å². The number of hydrogen-bond donors (Lipinski definition) is 1. The Balaban J connectivity index is 1.64. The molecule has 0 saturated carbocycles. The van der Waals surface area contributed by atoms with Crippen molar-refractivity contribution in [1.82, 2.24) is 0 Å². The van der Waals surface area contributed by atoms with Gasteiger partial charge in [0.2, 0.25) is 0 Å². The summed E-state index contributed by atoms with van der Waals surface area (Å²) in [5.74, 6) is -0.122. The number of fused-ring (bicyclic) bond motifs is 2. The minimum atomic E-state index is -0.523. The van der Waals surface area contributed by atoms with Crippen LogP contribution >= 0.6 is 0 Å². The third-order valence-electron chi connectivity index (χ3n) is 4.60. The van der Waals surface area contributed by atoms with Crippen molar-refractivity contribution >= 4 is 29.2 Å². The predicted octanol–water partition coefficient (Wildman–Crippen LogP) is 4.25. The fourth-order valence-electron chi connectivity index (χ4n) is 3.19. The van der Waals surface area contributed by atoms with Crippen LogP contribution < -0.4 is 19.7 Å². The molecule has 0 unspecified atom stereocenters. The van der Waals surface area contributed by atoms with Crippen molar-refractivity contribution < 1.29 is 23.9 Å². The summed E-state index contributed by atoms with van der Waals surface area (Å²) in [7, 11) is 1.67. The molecule has 0 radical (unpaired) electrons. The van der Waals surface area contributed by atoms with E-state index in [0.29, 0.717) is 28.4 Å². The van der Waals surface area contributed by atoms with Crippen LogP contribution in [0.3, 0.4) is 0 Å². The lowest BCUT2D eigenvalue weighted by atomic mass is 10.1. The molecule has 0 aromatic heterocycles. The molecular formula is C23H18N2O5. The molecule has 0 fully saturated rings. The van der Waals surface area contributed by atoms with Gasteiger partial charge in [0.1, 0.15) is 11.5 Å². The second-order valence-electron chi connectivity index (χ2n) is 6.69. The average Bonchev–Trinajstić information content (AvgIpc) is 2.83. The standard InChI is InChI=1S/C23H18N2O5/c1-14(26)29-19-9-5-3-7-16(19)22(27)24-15-11-12-20-17(13-15)23(28)25(2)18-8-4-6-10-21(18)30-20/h3-13H,1-2H3,(H,24,27). The van der Waals surface area contributed by atoms with Crippen LogP contribution in [0.2, 0.25) is 0 Å². The molecule has 0 spiro atoms. The number of benzene rings is 3. The van der Waals surface area contributed by atoms with Crippen molar-refractivity contribution in [3.8, 4) is 17.2 Å². The van der Waals surface area contributed by atoms with Crippen molar-refractivity contribution in [2.24, 2.45) is 0 Å². The van der Waals surface area contributed by atoms with E-state index in [0.717, 1.165) is 0 Å². The lowest BCUT2D eigenvalue weighted by Crippen LogP contribution is -2.25. The number of rotatable bonds is 3. The van der Waals surface area contributed by atoms with Crippen LogP contribution in [-0.4, -0.2) is 24.8 Å². The maximum atomic E-state index is 13.0. The molecule has 1 aliphatic heterocycles. The first-order chi connectivity index (χ1) is 14.4. The summed E-state index contributed by atoms with van der Waals surface area (Å²) in [6.07, 6.45) is 0. The molecule has 3 aromatic rings. The lowest BCUT2D eigenvalue weighted by Gasteiger charge is -2.16. The van der Waals surface area contributed by atoms with Gasteiger partial charge in [-0.2, -0.15) is 0 Å². The second-order valence-corrected chi connectivity index (χ2v) is 6.69. The van der Waals surface area contributed by atoms with E-state index in [-0.39, 0.29) is 17.2 Å². The molecular weight excluding hydrogens is 384 g/mol. The van der Waals surface area contributed by atoms with E-state index in [1.165, 1.54) is 17.9 Å². The molecule has 0 bridgehead atoms. The summed E-state index contributed by atoms with van der Waals surface area (Å²) in [6, 6.07) is 18.5. The smallest absolute Gasteiger partial charge is 0.308 e. The maximum absolute atomic E-state index is 13.0. The van der Waals surface area contributed by atoms with E-state index in [4.69, 9.17) is 9.47 Å². The molecule has 1 aliphatic rings. The number of hydrogen-bond acceptors (Lipinski definition) is 5. The third-order valence-corrected chi connectivity index (χ3v) is 4.60. The minimum absolute atomic E-state index is 0.159. The van der Waals surface area contributed by atoms with Gasteiger partial charge in [0, 0.05) is 19.7 Å². The summed E-state index contributed by atoms with van der Waals surface area (Å²) in [5, 5.41) is 2.74. The Morgan fingerprint density at radius 2 is 1.70 bits per heavy atom. The minimum Gasteiger partial charge on any atom is -0.454 e. The van der Waals surface area contributed by atoms with Gasteiger partial charge in [0.25, 0.3) is 11.8 Å². The Morgan fingerprint density at radius 1 is 0.967 bits per heavy atom. The Morgan fingerprint density at radius 3 is 2.50 bits per heavy atom. The van der Waals surface area contributed by atoms with Gasteiger partial charge < -0.3 is 19.7 Å². The number of carbonyl (C=O) groups is 3. The number of carbonyl (C=O) groups excluding carboxylic acids is 3. The molecule has 2 amide bonds. The number of nitrogens with zero attached hydrogens (tertiary/aromatic N) is 1. The highest BCUT2D eigenvalue weighted by Gasteiger charge is 2.26. The van der Waals surface area contributed by atoms with E-state index in [1.54, 1.807) is 55.6 Å². The summed E-state index contributed by atoms with van der Waals surface area (Å²) in [5.41, 5.74) is 1.58. The van der Waals surface area contributed by atoms with E-state index in [2.05, 4.69) is 5.32 Å². The number of ether oxygens (including phenoxy) is 2. The zero-order valence-corrected chi connectivity index (χ0v) is 16.3. The molecule has 0 saturated heterocycles. The van der Waals surface area contributed by atoms with Gasteiger partial charge in [-0.15, -0.1) is 0 Å². The number of esters is 1. The highest BCUT2D eigenvalue weighted by atomic mass is 16.5. The van der Waals surface area contributed by atoms with E-state index in [1.807, 2.05) is 12.1 Å². The first-order valence-electron chi connectivity index (χ1n) is 9.22. The van der Waals surface area contributed by atoms with Crippen molar-refractivity contribution in [3.63, 3.8) is 0 Å². The van der Waals surface area contributed by atoms with Crippen molar-refractivity contribution in [2.45, 2.75) is 6.92 Å². The van der Waals surface area contributed by atoms with Crippen LogP contribution in [0.15, 0.2) is 66.7 Å². The summed E-state index contributed by atoms with van der Waals surface area (Å²) >= 11 is 0. The van der Waals surface area contributed by atoms with E-state index < -0.39 is 11.9 Å². The van der Waals surface area contributed by atoms with Gasteiger partial charge in [-0.05, 0) is 42.5 Å². The van der Waals surface area contributed by atoms with Crippen molar-refractivity contribution in [2.75, 3.05) is 17.3 Å². The number of amides is 2. The van der Waals surface area contributed by atoms with Crippen LogP contribution in [0.4, 0.5) is 11.4 Å². The Hall–Kier alpha value is -4.13. The Bertz CT molecular complexity index is 1170. The fraction of sp³-hybridized carbons (Fsp3) is 0.0870. The molecule has 1 heterocycles. The normalized spacial score (nSPS) is 12.2. The molecule has 150 valence electrons. The third kappa shape index (κ3) is 3.60. The number of anilines is 2. The van der Waals surface area contributed by atoms with Crippen LogP contribution in [-0.2, 0) is 4.79 Å². The number of para-hydroxylation sites is 3. The van der Waals surface area contributed by atoms with Gasteiger partial charge in [-0.25, -0.2) is 0 Å². The van der Waals surface area contributed by atoms with Crippen molar-refractivity contribution in [1.29, 1.82) is 0 Å². The zero-order chi connectivity index (χ0) is 21.3. The molecule has 0 aliphatic carbocycles. The van der Waals surface area contributed by atoms with Crippen LogP contribution in [0.1, 0.15) is 27.6 Å². The molecule has 7 heteroatoms. The molecule has 1 N–H and O–H groups in total. The SMILES string of the molecule is CC(=O)Oc1ccccc1C(=O)Nc1ccc2c(c1)C(=O)N(C)c1ccccc1O2. The highest BCUT2D eigenvalue weighted by Crippen LogP contribution is 2.38. The molecule has 7 nitrogen and oxygen atoms in total. The molecule has 0 atom stereocenters. The Labute approximate surface area is 172 Å². The van der Waals surface area contributed by atoms with Gasteiger partial charge in [0.15, 0.2) is 5.75 Å². The van der Waals surface area contributed by atoms with Gasteiger partial charge in [-0.1, -0.05) is 24.3 Å². The Kier molecular flexibility index (Phi) is 4.93. The monoisotopic (exact) mass is 402 g/mol. The zero-order valence-electron chi connectivity index (χ0n) is 16.3. The highest BCUT2D eigenvalue weighted by molar-refractivity contribution is 6.11. The van der Waals surface area contributed by atoms with Gasteiger partial charge >= 0.3 is 5.97 Å². The largest absolute Gasteiger partial charge is 0.454 e. The topological polar surface area (TPSA) is 84.9 Å². The maximum Gasteiger partial charge on any atom is 0.308 e. The predicted molar refractivity (Wildman–Crippen MR) is 111 cm³/mol. The molecule has 3 aromatic carbocycles. The fourth-order valence-corrected chi connectivity index (χ4v) is 3.19. The number of nitrogens with one attached hydrogen (secondary N) is 1.